The molecule has 0 radical (unpaired) electrons. The molecule has 2 aliphatic carbocycles. The number of rotatable bonds is 16. The van der Waals surface area contributed by atoms with Gasteiger partial charge in [0.2, 0.25) is 0 Å². The first kappa shape index (κ1) is 29.3. The second-order valence-electron chi connectivity index (χ2n) is 12.7. The molecule has 6 heteroatoms. The molecule has 1 N–H and O–H groups in total. The number of hydrogen-bond acceptors (Lipinski definition) is 6. The van der Waals surface area contributed by atoms with Crippen molar-refractivity contribution in [2.75, 3.05) is 13.1 Å². The number of carbonyl (C=O) groups is 2. The van der Waals surface area contributed by atoms with Gasteiger partial charge in [0.25, 0.3) is 0 Å². The Bertz CT molecular complexity index is 1080. The van der Waals surface area contributed by atoms with E-state index >= 15 is 0 Å². The molecule has 0 aromatic heterocycles. The van der Waals surface area contributed by atoms with Crippen molar-refractivity contribution in [3.8, 4) is 11.5 Å². The highest BCUT2D eigenvalue weighted by molar-refractivity contribution is 5.90. The van der Waals surface area contributed by atoms with Gasteiger partial charge in [0.1, 0.15) is 0 Å². The molecule has 2 bridgehead atoms. The summed E-state index contributed by atoms with van der Waals surface area (Å²) in [7, 11) is 0. The van der Waals surface area contributed by atoms with Crippen molar-refractivity contribution < 1.29 is 24.2 Å². The number of unbranched alkanes of at least 4 members (excludes halogenated alkanes) is 11. The van der Waals surface area contributed by atoms with Gasteiger partial charge in [-0.1, -0.05) is 89.7 Å². The van der Waals surface area contributed by atoms with Crippen LogP contribution in [0.1, 0.15) is 121 Å². The Kier molecular flexibility index (Phi) is 9.36. The van der Waals surface area contributed by atoms with E-state index in [1.807, 2.05) is 18.2 Å². The number of benzene rings is 1. The molecule has 4 aliphatic rings. The summed E-state index contributed by atoms with van der Waals surface area (Å²) in [5.41, 5.74) is 0.184. The van der Waals surface area contributed by atoms with Crippen LogP contribution >= 0.6 is 0 Å². The molecule has 4 atom stereocenters. The Labute approximate surface area is 240 Å². The first-order chi connectivity index (χ1) is 19.5. The zero-order valence-electron chi connectivity index (χ0n) is 24.6. The second-order valence-corrected chi connectivity index (χ2v) is 12.7. The van der Waals surface area contributed by atoms with E-state index in [-0.39, 0.29) is 17.8 Å². The predicted octanol–water partition coefficient (Wildman–Crippen LogP) is 6.59. The molecule has 0 amide bonds. The molecule has 1 aromatic carbocycles. The minimum absolute atomic E-state index is 0.0402. The number of piperidine rings is 1. The zero-order chi connectivity index (χ0) is 28.2. The summed E-state index contributed by atoms with van der Waals surface area (Å²) in [6.45, 7) is 7.65. The third-order valence-corrected chi connectivity index (χ3v) is 10.2. The van der Waals surface area contributed by atoms with E-state index in [4.69, 9.17) is 9.47 Å². The Morgan fingerprint density at radius 1 is 1.07 bits per heavy atom. The molecule has 220 valence electrons. The maximum atomic E-state index is 13.2. The third kappa shape index (κ3) is 5.27. The Balaban J connectivity index is 1.16. The van der Waals surface area contributed by atoms with Crippen LogP contribution in [0.3, 0.4) is 0 Å². The van der Waals surface area contributed by atoms with Crippen LogP contribution in [0.4, 0.5) is 0 Å². The van der Waals surface area contributed by atoms with Crippen LogP contribution < -0.4 is 9.47 Å². The van der Waals surface area contributed by atoms with Crippen molar-refractivity contribution in [2.24, 2.45) is 0 Å². The van der Waals surface area contributed by atoms with Crippen LogP contribution in [-0.4, -0.2) is 52.6 Å². The van der Waals surface area contributed by atoms with Gasteiger partial charge in [-0.25, -0.2) is 0 Å². The Hall–Kier alpha value is -2.18. The molecule has 5 rings (SSSR count). The fourth-order valence-electron chi connectivity index (χ4n) is 8.15. The van der Waals surface area contributed by atoms with Crippen LogP contribution in [0.25, 0.3) is 0 Å². The molecule has 1 spiro atoms. The number of ketones is 1. The lowest BCUT2D eigenvalue weighted by Gasteiger charge is -2.62. The number of hydrogen-bond donors (Lipinski definition) is 1. The summed E-state index contributed by atoms with van der Waals surface area (Å²) in [5, 5.41) is 12.3. The molecule has 2 heterocycles. The first-order valence-corrected chi connectivity index (χ1v) is 16.1. The molecular formula is C34H49NO5. The SMILES string of the molecule is C=CCN1CC[C@@]23c4c5ccc(OC(=O)CCCCCCCCCCCCCC)c4O[C@@H]2C(=O)CC[C@@]3(O)[C@H]1C5. The van der Waals surface area contributed by atoms with Gasteiger partial charge >= 0.3 is 5.97 Å². The first-order valence-electron chi connectivity index (χ1n) is 16.1. The fourth-order valence-corrected chi connectivity index (χ4v) is 8.15. The smallest absolute Gasteiger partial charge is 0.311 e. The monoisotopic (exact) mass is 551 g/mol. The van der Waals surface area contributed by atoms with Gasteiger partial charge < -0.3 is 14.6 Å². The topological polar surface area (TPSA) is 76.1 Å². The molecule has 2 aliphatic heterocycles. The molecule has 1 saturated heterocycles. The third-order valence-electron chi connectivity index (χ3n) is 10.2. The summed E-state index contributed by atoms with van der Waals surface area (Å²) >= 11 is 0. The van der Waals surface area contributed by atoms with Gasteiger partial charge in [0.05, 0.1) is 11.0 Å². The average Bonchev–Trinajstić information content (AvgIpc) is 3.30. The summed E-state index contributed by atoms with van der Waals surface area (Å²) in [5.74, 6) is 0.692. The Morgan fingerprint density at radius 2 is 1.75 bits per heavy atom. The minimum atomic E-state index is -1.05. The lowest BCUT2D eigenvalue weighted by atomic mass is 9.49. The largest absolute Gasteiger partial charge is 0.477 e. The highest BCUT2D eigenvalue weighted by Gasteiger charge is 2.73. The van der Waals surface area contributed by atoms with Gasteiger partial charge in [-0.3, -0.25) is 14.5 Å². The number of ether oxygens (including phenoxy) is 2. The summed E-state index contributed by atoms with van der Waals surface area (Å²) in [4.78, 5) is 28.3. The van der Waals surface area contributed by atoms with Crippen molar-refractivity contribution >= 4 is 11.8 Å². The lowest BCUT2D eigenvalue weighted by molar-refractivity contribution is -0.187. The highest BCUT2D eigenvalue weighted by atomic mass is 16.6. The number of likely N-dealkylation sites (tertiary alicyclic amines) is 1. The summed E-state index contributed by atoms with van der Waals surface area (Å²) < 4.78 is 12.2. The van der Waals surface area contributed by atoms with E-state index in [9.17, 15) is 14.7 Å². The molecule has 40 heavy (non-hydrogen) atoms. The van der Waals surface area contributed by atoms with Crippen LogP contribution in [0.15, 0.2) is 24.8 Å². The van der Waals surface area contributed by atoms with Crippen LogP contribution in [0.2, 0.25) is 0 Å². The minimum Gasteiger partial charge on any atom is -0.477 e. The Morgan fingerprint density at radius 3 is 2.42 bits per heavy atom. The van der Waals surface area contributed by atoms with Gasteiger partial charge in [0, 0.05) is 37.5 Å². The van der Waals surface area contributed by atoms with Crippen molar-refractivity contribution in [1.82, 2.24) is 4.90 Å². The van der Waals surface area contributed by atoms with Crippen molar-refractivity contribution in [3.63, 3.8) is 0 Å². The van der Waals surface area contributed by atoms with Gasteiger partial charge in [-0.15, -0.1) is 6.58 Å². The second kappa shape index (κ2) is 12.8. The lowest BCUT2D eigenvalue weighted by Crippen LogP contribution is -2.76. The van der Waals surface area contributed by atoms with Crippen LogP contribution in [-0.2, 0) is 21.4 Å². The predicted molar refractivity (Wildman–Crippen MR) is 157 cm³/mol. The van der Waals surface area contributed by atoms with Crippen molar-refractivity contribution in [1.29, 1.82) is 0 Å². The highest BCUT2D eigenvalue weighted by Crippen LogP contribution is 2.64. The van der Waals surface area contributed by atoms with E-state index in [2.05, 4.69) is 18.4 Å². The molecular weight excluding hydrogens is 502 g/mol. The van der Waals surface area contributed by atoms with Gasteiger partial charge in [0.15, 0.2) is 23.4 Å². The molecule has 2 fully saturated rings. The summed E-state index contributed by atoms with van der Waals surface area (Å²) in [6, 6.07) is 3.75. The van der Waals surface area contributed by atoms with E-state index in [1.165, 1.54) is 57.8 Å². The van der Waals surface area contributed by atoms with Crippen LogP contribution in [0.5, 0.6) is 11.5 Å². The number of nitrogens with zero attached hydrogens (tertiary/aromatic N) is 1. The fraction of sp³-hybridized carbons (Fsp3) is 0.706. The van der Waals surface area contributed by atoms with E-state index in [0.29, 0.717) is 50.1 Å². The van der Waals surface area contributed by atoms with Gasteiger partial charge in [-0.05, 0) is 37.3 Å². The number of esters is 1. The standard InChI is InChI=1S/C34H49NO5/c1-3-5-6-7-8-9-10-11-12-13-14-15-16-29(37)39-27-18-17-25-24-28-34(38)20-19-26(36)32-33(34,30(25)31(27)40-32)21-23-35(28)22-4-2/h4,17-18,28,32,38H,2-3,5-16,19-24H2,1H3/t28-,32-,33-,34-/m1/s1. The average molecular weight is 552 g/mol. The number of carbonyl (C=O) groups excluding carboxylic acids is 2. The van der Waals surface area contributed by atoms with Crippen molar-refractivity contribution in [2.45, 2.75) is 139 Å². The molecule has 6 nitrogen and oxygen atoms in total. The van der Waals surface area contributed by atoms with Crippen molar-refractivity contribution in [3.05, 3.63) is 35.9 Å². The van der Waals surface area contributed by atoms with E-state index in [1.54, 1.807) is 0 Å². The molecule has 1 aromatic rings. The van der Waals surface area contributed by atoms with E-state index in [0.717, 1.165) is 36.9 Å². The van der Waals surface area contributed by atoms with Crippen LogP contribution in [0, 0.1) is 0 Å². The zero-order valence-corrected chi connectivity index (χ0v) is 24.6. The normalized spacial score (nSPS) is 28.2. The molecule has 0 unspecified atom stereocenters. The number of Topliss-reactive ketones (excluding diaryl/α,β-unsaturated/α-hetero) is 1. The van der Waals surface area contributed by atoms with Gasteiger partial charge in [-0.2, -0.15) is 0 Å². The maximum Gasteiger partial charge on any atom is 0.311 e. The molecule has 1 saturated carbocycles. The van der Waals surface area contributed by atoms with E-state index < -0.39 is 17.1 Å². The quantitative estimate of drug-likeness (QED) is 0.108. The summed E-state index contributed by atoms with van der Waals surface area (Å²) in [6.07, 6.45) is 18.6. The number of aliphatic hydroxyl groups is 1. The maximum absolute atomic E-state index is 13.2.